The van der Waals surface area contributed by atoms with Crippen molar-refractivity contribution in [2.75, 3.05) is 39.4 Å². The van der Waals surface area contributed by atoms with Crippen LogP contribution in [0.5, 0.6) is 0 Å². The number of hydrogen-bond acceptors (Lipinski definition) is 5. The van der Waals surface area contributed by atoms with Crippen LogP contribution in [0, 0.1) is 0 Å². The van der Waals surface area contributed by atoms with E-state index in [1.54, 1.807) is 6.26 Å². The number of nitrogens with one attached hydrogen (secondary N) is 2. The summed E-state index contributed by atoms with van der Waals surface area (Å²) in [6.45, 7) is 5.92. The molecular weight excluding hydrogens is 258 g/mol. The summed E-state index contributed by atoms with van der Waals surface area (Å²) in [7, 11) is 0. The van der Waals surface area contributed by atoms with E-state index in [0.717, 1.165) is 58.1 Å². The Kier molecular flexibility index (Phi) is 4.34. The second-order valence-electron chi connectivity index (χ2n) is 5.35. The van der Waals surface area contributed by atoms with Crippen LogP contribution < -0.4 is 10.6 Å². The second-order valence-corrected chi connectivity index (χ2v) is 5.35. The number of hydrogen-bond donors (Lipinski definition) is 2. The number of morpholine rings is 1. The monoisotopic (exact) mass is 279 g/mol. The Bertz CT molecular complexity index is 448. The molecule has 2 N–H and O–H groups in total. The van der Waals surface area contributed by atoms with Gasteiger partial charge in [0.1, 0.15) is 12.0 Å². The summed E-state index contributed by atoms with van der Waals surface area (Å²) in [5.74, 6) is 0.789. The molecule has 0 aromatic carbocycles. The Balaban J connectivity index is 1.53. The van der Waals surface area contributed by atoms with E-state index >= 15 is 0 Å². The lowest BCUT2D eigenvalue weighted by atomic mass is 10.2. The minimum absolute atomic E-state index is 0.0457. The van der Waals surface area contributed by atoms with Crippen molar-refractivity contribution < 1.29 is 13.9 Å². The third kappa shape index (κ3) is 3.39. The van der Waals surface area contributed by atoms with Gasteiger partial charge in [-0.1, -0.05) is 0 Å². The number of rotatable bonds is 4. The quantitative estimate of drug-likeness (QED) is 0.824. The lowest BCUT2D eigenvalue weighted by Crippen LogP contribution is -2.36. The molecule has 1 atom stereocenters. The maximum atomic E-state index is 12.1. The predicted molar refractivity (Wildman–Crippen MR) is 73.5 cm³/mol. The third-order valence-corrected chi connectivity index (χ3v) is 3.79. The first-order valence-electron chi connectivity index (χ1n) is 7.20. The second kappa shape index (κ2) is 6.39. The largest absolute Gasteiger partial charge is 0.467 e. The highest BCUT2D eigenvalue weighted by Gasteiger charge is 2.19. The topological polar surface area (TPSA) is 66.7 Å². The van der Waals surface area contributed by atoms with Crippen LogP contribution in [0.4, 0.5) is 0 Å². The van der Waals surface area contributed by atoms with Crippen molar-refractivity contribution >= 4 is 5.91 Å². The molecule has 1 aromatic rings. The van der Waals surface area contributed by atoms with Gasteiger partial charge in [-0.2, -0.15) is 0 Å². The standard InChI is InChI=1S/C14H21N3O3/c18-14(16-12-1-2-15-8-12)11-7-13(20-10-11)9-17-3-5-19-6-4-17/h7,10,12,15H,1-6,8-9H2,(H,16,18)/t12-/m1/s1. The highest BCUT2D eigenvalue weighted by Crippen LogP contribution is 2.12. The zero-order chi connectivity index (χ0) is 13.8. The molecule has 1 aromatic heterocycles. The fourth-order valence-corrected chi connectivity index (χ4v) is 2.61. The van der Waals surface area contributed by atoms with E-state index in [-0.39, 0.29) is 11.9 Å². The molecule has 0 bridgehead atoms. The number of nitrogens with zero attached hydrogens (tertiary/aromatic N) is 1. The molecule has 0 unspecified atom stereocenters. The van der Waals surface area contributed by atoms with E-state index in [1.807, 2.05) is 6.07 Å². The zero-order valence-corrected chi connectivity index (χ0v) is 11.6. The van der Waals surface area contributed by atoms with Crippen molar-refractivity contribution in [2.24, 2.45) is 0 Å². The molecule has 0 spiro atoms. The molecule has 0 radical (unpaired) electrons. The predicted octanol–water partition coefficient (Wildman–Crippen LogP) is 0.204. The molecule has 20 heavy (non-hydrogen) atoms. The van der Waals surface area contributed by atoms with E-state index < -0.39 is 0 Å². The Morgan fingerprint density at radius 2 is 2.30 bits per heavy atom. The van der Waals surface area contributed by atoms with Gasteiger partial charge in [-0.25, -0.2) is 0 Å². The summed E-state index contributed by atoms with van der Waals surface area (Å²) in [4.78, 5) is 14.3. The molecule has 2 aliphatic rings. The van der Waals surface area contributed by atoms with Crippen LogP contribution >= 0.6 is 0 Å². The summed E-state index contributed by atoms with van der Waals surface area (Å²) in [5.41, 5.74) is 0.611. The van der Waals surface area contributed by atoms with Crippen LogP contribution in [0.1, 0.15) is 22.5 Å². The number of carbonyl (C=O) groups excluding carboxylic acids is 1. The zero-order valence-electron chi connectivity index (χ0n) is 11.6. The molecule has 6 nitrogen and oxygen atoms in total. The number of ether oxygens (including phenoxy) is 1. The SMILES string of the molecule is O=C(N[C@@H]1CCNC1)c1coc(CN2CCOCC2)c1. The van der Waals surface area contributed by atoms with E-state index in [4.69, 9.17) is 9.15 Å². The van der Waals surface area contributed by atoms with Gasteiger partial charge in [-0.15, -0.1) is 0 Å². The van der Waals surface area contributed by atoms with Gasteiger partial charge in [-0.3, -0.25) is 9.69 Å². The van der Waals surface area contributed by atoms with Gasteiger partial charge in [0.15, 0.2) is 0 Å². The van der Waals surface area contributed by atoms with Gasteiger partial charge >= 0.3 is 0 Å². The van der Waals surface area contributed by atoms with Crippen molar-refractivity contribution in [1.29, 1.82) is 0 Å². The Labute approximate surface area is 118 Å². The number of carbonyl (C=O) groups is 1. The normalized spacial score (nSPS) is 23.9. The first-order chi connectivity index (χ1) is 9.81. The summed E-state index contributed by atoms with van der Waals surface area (Å²) < 4.78 is 10.8. The Morgan fingerprint density at radius 3 is 3.05 bits per heavy atom. The lowest BCUT2D eigenvalue weighted by Gasteiger charge is -2.25. The molecule has 6 heteroatoms. The average Bonchev–Trinajstić information content (AvgIpc) is 3.11. The fraction of sp³-hybridized carbons (Fsp3) is 0.643. The number of furan rings is 1. The Morgan fingerprint density at radius 1 is 1.45 bits per heavy atom. The van der Waals surface area contributed by atoms with E-state index in [9.17, 15) is 4.79 Å². The van der Waals surface area contributed by atoms with E-state index in [0.29, 0.717) is 5.56 Å². The van der Waals surface area contributed by atoms with Gasteiger partial charge in [0, 0.05) is 25.7 Å². The van der Waals surface area contributed by atoms with Gasteiger partial charge in [-0.05, 0) is 19.0 Å². The highest BCUT2D eigenvalue weighted by atomic mass is 16.5. The van der Waals surface area contributed by atoms with Gasteiger partial charge < -0.3 is 19.8 Å². The Hall–Kier alpha value is -1.37. The maximum absolute atomic E-state index is 12.1. The maximum Gasteiger partial charge on any atom is 0.254 e. The van der Waals surface area contributed by atoms with Crippen molar-refractivity contribution in [3.63, 3.8) is 0 Å². The van der Waals surface area contributed by atoms with Crippen molar-refractivity contribution in [2.45, 2.75) is 19.0 Å². The molecule has 110 valence electrons. The van der Waals surface area contributed by atoms with Gasteiger partial charge in [0.25, 0.3) is 5.91 Å². The van der Waals surface area contributed by atoms with Crippen LogP contribution in [0.3, 0.4) is 0 Å². The van der Waals surface area contributed by atoms with E-state index in [2.05, 4.69) is 15.5 Å². The average molecular weight is 279 g/mol. The third-order valence-electron chi connectivity index (χ3n) is 3.79. The summed E-state index contributed by atoms with van der Waals surface area (Å²) in [6.07, 6.45) is 2.54. The molecule has 2 aliphatic heterocycles. The first-order valence-corrected chi connectivity index (χ1v) is 7.20. The van der Waals surface area contributed by atoms with E-state index in [1.165, 1.54) is 0 Å². The molecule has 3 rings (SSSR count). The van der Waals surface area contributed by atoms with Crippen LogP contribution in [-0.4, -0.2) is 56.2 Å². The molecule has 0 saturated carbocycles. The molecule has 1 amide bonds. The fourth-order valence-electron chi connectivity index (χ4n) is 2.61. The molecule has 0 aliphatic carbocycles. The molecule has 2 fully saturated rings. The van der Waals surface area contributed by atoms with Crippen molar-refractivity contribution in [3.8, 4) is 0 Å². The summed E-state index contributed by atoms with van der Waals surface area (Å²) in [5, 5.41) is 6.25. The van der Waals surface area contributed by atoms with Crippen LogP contribution in [0.25, 0.3) is 0 Å². The lowest BCUT2D eigenvalue weighted by molar-refractivity contribution is 0.0313. The minimum Gasteiger partial charge on any atom is -0.467 e. The smallest absolute Gasteiger partial charge is 0.254 e. The first kappa shape index (κ1) is 13.6. The molecule has 3 heterocycles. The van der Waals surface area contributed by atoms with Crippen molar-refractivity contribution in [1.82, 2.24) is 15.5 Å². The van der Waals surface area contributed by atoms with Gasteiger partial charge in [0.05, 0.1) is 25.3 Å². The van der Waals surface area contributed by atoms with Crippen LogP contribution in [0.2, 0.25) is 0 Å². The molecular formula is C14H21N3O3. The van der Waals surface area contributed by atoms with Gasteiger partial charge in [0.2, 0.25) is 0 Å². The van der Waals surface area contributed by atoms with Crippen molar-refractivity contribution in [3.05, 3.63) is 23.7 Å². The number of amides is 1. The van der Waals surface area contributed by atoms with Crippen LogP contribution in [-0.2, 0) is 11.3 Å². The summed E-state index contributed by atoms with van der Waals surface area (Å²) in [6, 6.07) is 2.08. The van der Waals surface area contributed by atoms with Crippen LogP contribution in [0.15, 0.2) is 16.7 Å². The minimum atomic E-state index is -0.0457. The molecule has 2 saturated heterocycles. The summed E-state index contributed by atoms with van der Waals surface area (Å²) >= 11 is 0. The highest BCUT2D eigenvalue weighted by molar-refractivity contribution is 5.94.